The molecule has 4 fully saturated rings. The van der Waals surface area contributed by atoms with Crippen molar-refractivity contribution in [3.05, 3.63) is 29.3 Å². The van der Waals surface area contributed by atoms with Gasteiger partial charge in [0.1, 0.15) is 11.6 Å². The minimum atomic E-state index is -0.963. The van der Waals surface area contributed by atoms with Crippen molar-refractivity contribution < 1.29 is 19.6 Å². The molecule has 0 bridgehead atoms. The van der Waals surface area contributed by atoms with E-state index in [2.05, 4.69) is 27.2 Å². The Morgan fingerprint density at radius 2 is 1.88 bits per heavy atom. The fourth-order valence-electron chi connectivity index (χ4n) is 6.69. The van der Waals surface area contributed by atoms with E-state index in [4.69, 9.17) is 5.41 Å². The molecule has 0 aromatic heterocycles. The third kappa shape index (κ3) is 4.80. The number of amides is 4. The first kappa shape index (κ1) is 26.3. The zero-order valence-corrected chi connectivity index (χ0v) is 22.6. The van der Waals surface area contributed by atoms with E-state index in [-0.39, 0.29) is 29.0 Å². The summed E-state index contributed by atoms with van der Waals surface area (Å²) in [5, 5.41) is 39.0. The Balaban J connectivity index is 1.21. The van der Waals surface area contributed by atoms with Crippen LogP contribution in [0.3, 0.4) is 0 Å². The highest BCUT2D eigenvalue weighted by molar-refractivity contribution is 6.65. The van der Waals surface area contributed by atoms with Crippen LogP contribution in [-0.2, 0) is 22.4 Å². The van der Waals surface area contributed by atoms with Gasteiger partial charge in [-0.1, -0.05) is 11.2 Å². The van der Waals surface area contributed by atoms with Crippen molar-refractivity contribution in [2.24, 2.45) is 28.3 Å². The second-order valence-electron chi connectivity index (χ2n) is 12.5. The minimum Gasteiger partial charge on any atom is -0.410 e. The van der Waals surface area contributed by atoms with Gasteiger partial charge in [0.2, 0.25) is 5.91 Å². The highest BCUT2D eigenvalue weighted by atomic mass is 16.4. The number of hydrogen-bond donors (Lipinski definition) is 5. The van der Waals surface area contributed by atoms with Gasteiger partial charge in [-0.25, -0.2) is 4.79 Å². The van der Waals surface area contributed by atoms with E-state index < -0.39 is 23.2 Å². The van der Waals surface area contributed by atoms with Gasteiger partial charge in [0.15, 0.2) is 5.71 Å². The lowest BCUT2D eigenvalue weighted by atomic mass is 9.88. The number of benzene rings is 1. The van der Waals surface area contributed by atoms with Crippen LogP contribution in [0, 0.1) is 39.9 Å². The average molecular weight is 546 g/mol. The van der Waals surface area contributed by atoms with Gasteiger partial charge >= 0.3 is 6.03 Å². The molecule has 11 nitrogen and oxygen atoms in total. The Kier molecular flexibility index (Phi) is 6.32. The molecule has 5 N–H and O–H groups in total. The van der Waals surface area contributed by atoms with Crippen LogP contribution >= 0.6 is 0 Å². The Morgan fingerprint density at radius 1 is 1.20 bits per heavy atom. The van der Waals surface area contributed by atoms with Gasteiger partial charge < -0.3 is 31.5 Å². The van der Waals surface area contributed by atoms with Gasteiger partial charge in [-0.15, -0.1) is 0 Å². The number of nitriles is 1. The zero-order chi connectivity index (χ0) is 28.2. The minimum absolute atomic E-state index is 0.0250. The Morgan fingerprint density at radius 3 is 2.45 bits per heavy atom. The molecule has 1 saturated heterocycles. The number of nitrogens with zero attached hydrogens (tertiary/aromatic N) is 3. The first-order valence-electron chi connectivity index (χ1n) is 14.2. The number of oxime groups is 1. The molecule has 1 heterocycles. The van der Waals surface area contributed by atoms with E-state index in [1.165, 1.54) is 6.92 Å². The maximum absolute atomic E-state index is 13.7. The number of urea groups is 1. The maximum atomic E-state index is 13.7. The van der Waals surface area contributed by atoms with Gasteiger partial charge in [-0.2, -0.15) is 5.26 Å². The van der Waals surface area contributed by atoms with Crippen LogP contribution in [0.5, 0.6) is 0 Å². The lowest BCUT2D eigenvalue weighted by Gasteiger charge is -2.42. The Labute approximate surface area is 232 Å². The van der Waals surface area contributed by atoms with Crippen LogP contribution in [0.4, 0.5) is 10.5 Å². The summed E-state index contributed by atoms with van der Waals surface area (Å²) >= 11 is 0. The van der Waals surface area contributed by atoms with E-state index in [0.717, 1.165) is 49.7 Å². The molecule has 4 amide bonds. The second kappa shape index (κ2) is 9.61. The normalized spacial score (nSPS) is 25.6. The fourth-order valence-corrected chi connectivity index (χ4v) is 6.69. The lowest BCUT2D eigenvalue weighted by Crippen LogP contribution is -2.61. The summed E-state index contributed by atoms with van der Waals surface area (Å²) in [4.78, 5) is 41.1. The first-order chi connectivity index (χ1) is 19.2. The topological polar surface area (TPSA) is 171 Å². The molecule has 5 aliphatic rings. The smallest absolute Gasteiger partial charge is 0.318 e. The predicted octanol–water partition coefficient (Wildman–Crippen LogP) is 2.58. The van der Waals surface area contributed by atoms with Gasteiger partial charge in [0.25, 0.3) is 5.91 Å². The molecule has 3 saturated carbocycles. The summed E-state index contributed by atoms with van der Waals surface area (Å²) in [6, 6.07) is 6.99. The number of fused-ring (bicyclic) bond motifs is 1. The predicted molar refractivity (Wildman–Crippen MR) is 146 cm³/mol. The van der Waals surface area contributed by atoms with Gasteiger partial charge in [-0.3, -0.25) is 9.59 Å². The van der Waals surface area contributed by atoms with E-state index in [1.54, 1.807) is 11.0 Å². The van der Waals surface area contributed by atoms with Crippen molar-refractivity contribution >= 4 is 35.0 Å². The molecule has 1 unspecified atom stereocenters. The van der Waals surface area contributed by atoms with Crippen LogP contribution in [0.15, 0.2) is 23.4 Å². The summed E-state index contributed by atoms with van der Waals surface area (Å²) in [7, 11) is 0. The first-order valence-corrected chi connectivity index (χ1v) is 14.2. The molecule has 2 atom stereocenters. The van der Waals surface area contributed by atoms with Crippen LogP contribution < -0.4 is 16.0 Å². The SMILES string of the molecule is CC(=N)C(=NO)C(=O)N[C@H](C(=O)Nc1ccc2c(c1)CC(C#N)(N1CC3(CC3)CNC1=O)C2)C(C1CC1)C1CC1. The van der Waals surface area contributed by atoms with Crippen molar-refractivity contribution in [2.45, 2.75) is 69.9 Å². The molecule has 1 spiro atoms. The van der Waals surface area contributed by atoms with E-state index >= 15 is 0 Å². The van der Waals surface area contributed by atoms with E-state index in [1.807, 2.05) is 12.1 Å². The summed E-state index contributed by atoms with van der Waals surface area (Å²) < 4.78 is 0. The maximum Gasteiger partial charge on any atom is 0.318 e. The number of rotatable bonds is 9. The lowest BCUT2D eigenvalue weighted by molar-refractivity contribution is -0.124. The number of carbonyl (C=O) groups excluding carboxylic acids is 3. The van der Waals surface area contributed by atoms with Crippen LogP contribution in [0.25, 0.3) is 0 Å². The van der Waals surface area contributed by atoms with Crippen LogP contribution in [-0.4, -0.2) is 64.0 Å². The molecule has 210 valence electrons. The molecule has 1 aliphatic heterocycles. The Hall–Kier alpha value is -3.94. The average Bonchev–Trinajstić information content (AvgIpc) is 3.80. The van der Waals surface area contributed by atoms with Gasteiger partial charge in [0.05, 0.1) is 11.8 Å². The highest BCUT2D eigenvalue weighted by Gasteiger charge is 2.55. The molecule has 4 aliphatic carbocycles. The molecule has 11 heteroatoms. The summed E-state index contributed by atoms with van der Waals surface area (Å²) in [5.74, 6) is -0.431. The van der Waals surface area contributed by atoms with Crippen molar-refractivity contribution in [3.63, 3.8) is 0 Å². The van der Waals surface area contributed by atoms with E-state index in [0.29, 0.717) is 43.5 Å². The quantitative estimate of drug-likeness (QED) is 0.182. The van der Waals surface area contributed by atoms with Gasteiger partial charge in [-0.05, 0) is 86.5 Å². The number of hydrogen-bond acceptors (Lipinski definition) is 7. The fraction of sp³-hybridized carbons (Fsp3) is 0.586. The number of anilines is 1. The third-order valence-electron chi connectivity index (χ3n) is 9.43. The van der Waals surface area contributed by atoms with Crippen molar-refractivity contribution in [2.75, 3.05) is 18.4 Å². The van der Waals surface area contributed by atoms with Crippen molar-refractivity contribution in [3.8, 4) is 6.07 Å². The largest absolute Gasteiger partial charge is 0.410 e. The molecule has 0 radical (unpaired) electrons. The van der Waals surface area contributed by atoms with Crippen molar-refractivity contribution in [1.82, 2.24) is 15.5 Å². The molecular weight excluding hydrogens is 510 g/mol. The monoisotopic (exact) mass is 545 g/mol. The zero-order valence-electron chi connectivity index (χ0n) is 22.6. The molecule has 40 heavy (non-hydrogen) atoms. The number of carbonyl (C=O) groups is 3. The molecule has 1 aromatic rings. The second-order valence-corrected chi connectivity index (χ2v) is 12.5. The van der Waals surface area contributed by atoms with Crippen LogP contribution in [0.1, 0.15) is 56.6 Å². The molecular formula is C29H35N7O4. The standard InChI is InChI=1S/C29H35N7O4/c1-16(31)23(35-40)25(37)34-24(22(17-2-3-17)18-4-5-18)26(38)33-21-7-6-19-11-29(13-30,12-20(19)10-21)36-15-28(8-9-28)14-32-27(36)39/h6-7,10,17-18,22,24,31,40H,2-5,8-9,11-12,14-15H2,1H3,(H,32,39)(H,33,38)(H,34,37)/t24-,29?/m0/s1. The highest BCUT2D eigenvalue weighted by Crippen LogP contribution is 2.51. The Bertz CT molecular complexity index is 1340. The summed E-state index contributed by atoms with van der Waals surface area (Å²) in [6.45, 7) is 2.61. The molecule has 6 rings (SSSR count). The van der Waals surface area contributed by atoms with E-state index in [9.17, 15) is 24.9 Å². The molecule has 1 aromatic carbocycles. The van der Waals surface area contributed by atoms with Crippen molar-refractivity contribution in [1.29, 1.82) is 10.7 Å². The third-order valence-corrected chi connectivity index (χ3v) is 9.43. The summed E-state index contributed by atoms with van der Waals surface area (Å²) in [5.41, 5.74) is 0.969. The summed E-state index contributed by atoms with van der Waals surface area (Å²) in [6.07, 6.45) is 6.95. The number of nitrogens with one attached hydrogen (secondary N) is 4. The van der Waals surface area contributed by atoms with Crippen LogP contribution in [0.2, 0.25) is 0 Å². The van der Waals surface area contributed by atoms with Gasteiger partial charge in [0, 0.05) is 37.0 Å².